The summed E-state index contributed by atoms with van der Waals surface area (Å²) in [5, 5.41) is 0. The van der Waals surface area contributed by atoms with Gasteiger partial charge in [0.1, 0.15) is 22.3 Å². The second-order valence-corrected chi connectivity index (χ2v) is 4.92. The van der Waals surface area contributed by atoms with E-state index in [-0.39, 0.29) is 10.8 Å². The second kappa shape index (κ2) is 5.46. The van der Waals surface area contributed by atoms with Gasteiger partial charge in [-0.2, -0.15) is 0 Å². The van der Waals surface area contributed by atoms with Crippen molar-refractivity contribution in [3.63, 3.8) is 0 Å². The van der Waals surface area contributed by atoms with Crippen LogP contribution in [0.4, 0.5) is 4.39 Å². The molecule has 0 atom stereocenters. The molecule has 0 amide bonds. The lowest BCUT2D eigenvalue weighted by Crippen LogP contribution is -2.10. The molecule has 92 valence electrons. The van der Waals surface area contributed by atoms with Gasteiger partial charge < -0.3 is 10.5 Å². The van der Waals surface area contributed by atoms with Crippen LogP contribution < -0.4 is 10.5 Å². The van der Waals surface area contributed by atoms with Crippen LogP contribution in [0.25, 0.3) is 0 Å². The highest BCUT2D eigenvalue weighted by Crippen LogP contribution is 2.28. The lowest BCUT2D eigenvalue weighted by Gasteiger charge is -2.10. The summed E-state index contributed by atoms with van der Waals surface area (Å²) in [4.78, 5) is 0.250. The van der Waals surface area contributed by atoms with E-state index in [9.17, 15) is 4.39 Å². The highest BCUT2D eigenvalue weighted by atomic mass is 79.9. The fourth-order valence-electron chi connectivity index (χ4n) is 1.41. The molecule has 0 aliphatic heterocycles. The topological polar surface area (TPSA) is 35.2 Å². The molecular formula is C13H9BrFNOS. The molecule has 18 heavy (non-hydrogen) atoms. The number of nitrogens with two attached hydrogens (primary N) is 1. The zero-order chi connectivity index (χ0) is 13.1. The van der Waals surface area contributed by atoms with Crippen LogP contribution in [0.2, 0.25) is 0 Å². The minimum absolute atomic E-state index is 0.250. The Labute approximate surface area is 118 Å². The molecule has 0 aliphatic carbocycles. The molecule has 0 saturated heterocycles. The van der Waals surface area contributed by atoms with Crippen LogP contribution in [0.5, 0.6) is 11.5 Å². The van der Waals surface area contributed by atoms with Gasteiger partial charge >= 0.3 is 0 Å². The molecule has 0 spiro atoms. The summed E-state index contributed by atoms with van der Waals surface area (Å²) in [5.74, 6) is 0.738. The molecule has 2 aromatic rings. The second-order valence-electron chi connectivity index (χ2n) is 3.56. The van der Waals surface area contributed by atoms with E-state index in [0.29, 0.717) is 17.1 Å². The molecule has 2 aromatic carbocycles. The normalized spacial score (nSPS) is 10.1. The maximum atomic E-state index is 12.8. The minimum Gasteiger partial charge on any atom is -0.457 e. The summed E-state index contributed by atoms with van der Waals surface area (Å²) in [6, 6.07) is 11.1. The van der Waals surface area contributed by atoms with Crippen LogP contribution >= 0.6 is 28.1 Å². The van der Waals surface area contributed by atoms with Gasteiger partial charge in [0.25, 0.3) is 0 Å². The third-order valence-electron chi connectivity index (χ3n) is 2.25. The van der Waals surface area contributed by atoms with Gasteiger partial charge in [0.15, 0.2) is 0 Å². The van der Waals surface area contributed by atoms with Crippen molar-refractivity contribution in [2.45, 2.75) is 0 Å². The van der Waals surface area contributed by atoms with E-state index >= 15 is 0 Å². The van der Waals surface area contributed by atoms with Crippen LogP contribution in [-0.4, -0.2) is 4.99 Å². The molecule has 2 nitrogen and oxygen atoms in total. The van der Waals surface area contributed by atoms with Crippen molar-refractivity contribution >= 4 is 33.1 Å². The fraction of sp³-hybridized carbons (Fsp3) is 0. The van der Waals surface area contributed by atoms with E-state index in [0.717, 1.165) is 4.47 Å². The number of hydrogen-bond acceptors (Lipinski definition) is 2. The van der Waals surface area contributed by atoms with E-state index in [1.165, 1.54) is 12.1 Å². The Morgan fingerprint density at radius 3 is 2.44 bits per heavy atom. The molecule has 0 fully saturated rings. The van der Waals surface area contributed by atoms with Gasteiger partial charge in [-0.3, -0.25) is 0 Å². The van der Waals surface area contributed by atoms with Gasteiger partial charge in [0.2, 0.25) is 0 Å². The first-order chi connectivity index (χ1) is 8.56. The standard InChI is InChI=1S/C13H9BrFNOS/c14-8-1-6-11(13(16)18)12(7-8)17-10-4-2-9(15)3-5-10/h1-7H,(H2,16,18). The van der Waals surface area contributed by atoms with E-state index in [2.05, 4.69) is 15.9 Å². The van der Waals surface area contributed by atoms with Crippen LogP contribution in [0.3, 0.4) is 0 Å². The smallest absolute Gasteiger partial charge is 0.138 e. The monoisotopic (exact) mass is 325 g/mol. The first-order valence-electron chi connectivity index (χ1n) is 5.09. The summed E-state index contributed by atoms with van der Waals surface area (Å²) in [6.45, 7) is 0. The van der Waals surface area contributed by atoms with E-state index in [4.69, 9.17) is 22.7 Å². The summed E-state index contributed by atoms with van der Waals surface area (Å²) < 4.78 is 19.3. The average molecular weight is 326 g/mol. The van der Waals surface area contributed by atoms with Crippen molar-refractivity contribution in [1.82, 2.24) is 0 Å². The molecule has 5 heteroatoms. The highest BCUT2D eigenvalue weighted by Gasteiger charge is 2.08. The molecule has 0 aromatic heterocycles. The van der Waals surface area contributed by atoms with Crippen molar-refractivity contribution in [2.75, 3.05) is 0 Å². The number of ether oxygens (including phenoxy) is 1. The number of hydrogen-bond donors (Lipinski definition) is 1. The maximum absolute atomic E-state index is 12.8. The van der Waals surface area contributed by atoms with E-state index in [1.807, 2.05) is 6.07 Å². The Morgan fingerprint density at radius 2 is 1.83 bits per heavy atom. The fourth-order valence-corrected chi connectivity index (χ4v) is 1.92. The molecule has 0 saturated carbocycles. The number of rotatable bonds is 3. The SMILES string of the molecule is NC(=S)c1ccc(Br)cc1Oc1ccc(F)cc1. The van der Waals surface area contributed by atoms with Crippen molar-refractivity contribution in [3.05, 3.63) is 58.3 Å². The zero-order valence-electron chi connectivity index (χ0n) is 9.19. The predicted octanol–water partition coefficient (Wildman–Crippen LogP) is 4.01. The summed E-state index contributed by atoms with van der Waals surface area (Å²) >= 11 is 8.30. The summed E-state index contributed by atoms with van der Waals surface area (Å²) in [6.07, 6.45) is 0. The molecule has 2 rings (SSSR count). The van der Waals surface area contributed by atoms with E-state index < -0.39 is 0 Å². The Balaban J connectivity index is 2.35. The number of halogens is 2. The first-order valence-corrected chi connectivity index (χ1v) is 6.29. The third kappa shape index (κ3) is 3.05. The Bertz CT molecular complexity index is 586. The Kier molecular flexibility index (Phi) is 3.93. The van der Waals surface area contributed by atoms with Gasteiger partial charge in [-0.15, -0.1) is 0 Å². The number of thiocarbonyl (C=S) groups is 1. The molecule has 0 unspecified atom stereocenters. The number of benzene rings is 2. The van der Waals surface area contributed by atoms with Crippen molar-refractivity contribution in [2.24, 2.45) is 5.73 Å². The maximum Gasteiger partial charge on any atom is 0.138 e. The van der Waals surface area contributed by atoms with Gasteiger partial charge in [-0.05, 0) is 42.5 Å². The molecular weight excluding hydrogens is 317 g/mol. The van der Waals surface area contributed by atoms with Gasteiger partial charge in [-0.25, -0.2) is 4.39 Å². The van der Waals surface area contributed by atoms with Crippen LogP contribution in [0.15, 0.2) is 46.9 Å². The lowest BCUT2D eigenvalue weighted by molar-refractivity contribution is 0.479. The van der Waals surface area contributed by atoms with Crippen LogP contribution in [-0.2, 0) is 0 Å². The molecule has 0 radical (unpaired) electrons. The van der Waals surface area contributed by atoms with Crippen molar-refractivity contribution < 1.29 is 9.13 Å². The predicted molar refractivity (Wildman–Crippen MR) is 76.5 cm³/mol. The highest BCUT2D eigenvalue weighted by molar-refractivity contribution is 9.10. The van der Waals surface area contributed by atoms with Gasteiger partial charge in [-0.1, -0.05) is 28.1 Å². The van der Waals surface area contributed by atoms with Crippen molar-refractivity contribution in [3.8, 4) is 11.5 Å². The Hall–Kier alpha value is -1.46. The quantitative estimate of drug-likeness (QED) is 0.866. The largest absolute Gasteiger partial charge is 0.457 e. The van der Waals surface area contributed by atoms with Crippen molar-refractivity contribution in [1.29, 1.82) is 0 Å². The third-order valence-corrected chi connectivity index (χ3v) is 2.96. The molecule has 0 aliphatic rings. The summed E-state index contributed by atoms with van der Waals surface area (Å²) in [7, 11) is 0. The van der Waals surface area contributed by atoms with Gasteiger partial charge in [0.05, 0.1) is 5.56 Å². The molecule has 0 bridgehead atoms. The molecule has 0 heterocycles. The molecule has 2 N–H and O–H groups in total. The van der Waals surface area contributed by atoms with E-state index in [1.54, 1.807) is 24.3 Å². The summed E-state index contributed by atoms with van der Waals surface area (Å²) in [5.41, 5.74) is 6.26. The lowest BCUT2D eigenvalue weighted by atomic mass is 10.2. The minimum atomic E-state index is -0.314. The Morgan fingerprint density at radius 1 is 1.17 bits per heavy atom. The first kappa shape index (κ1) is 13.0. The van der Waals surface area contributed by atoms with Crippen LogP contribution in [0, 0.1) is 5.82 Å². The average Bonchev–Trinajstić information content (AvgIpc) is 2.32. The van der Waals surface area contributed by atoms with Crippen LogP contribution in [0.1, 0.15) is 5.56 Å². The van der Waals surface area contributed by atoms with Gasteiger partial charge in [0, 0.05) is 4.47 Å². The zero-order valence-corrected chi connectivity index (χ0v) is 11.6.